The normalized spacial score (nSPS) is 24.6. The second-order valence-corrected chi connectivity index (χ2v) is 12.9. The van der Waals surface area contributed by atoms with Crippen molar-refractivity contribution in [3.8, 4) is 0 Å². The fraction of sp³-hybridized carbons (Fsp3) is 1.00. The second-order valence-electron chi connectivity index (χ2n) is 12.9. The maximum Gasteiger partial charge on any atom is 0.0436 e. The van der Waals surface area contributed by atoms with Gasteiger partial charge in [-0.15, -0.1) is 0 Å². The van der Waals surface area contributed by atoms with E-state index in [0.29, 0.717) is 5.92 Å². The smallest absolute Gasteiger partial charge is 0.0436 e. The van der Waals surface area contributed by atoms with Crippen molar-refractivity contribution in [2.24, 2.45) is 11.3 Å². The molecule has 0 spiro atoms. The summed E-state index contributed by atoms with van der Waals surface area (Å²) >= 11 is 0. The molecule has 0 bridgehead atoms. The van der Waals surface area contributed by atoms with Gasteiger partial charge in [-0.3, -0.25) is 0 Å². The van der Waals surface area contributed by atoms with Crippen LogP contribution in [-0.2, 0) is 0 Å². The number of aliphatic hydroxyl groups excluding tert-OH is 3. The van der Waals surface area contributed by atoms with Crippen molar-refractivity contribution in [3.63, 3.8) is 0 Å². The topological polar surface area (TPSA) is 60.7 Å². The summed E-state index contributed by atoms with van der Waals surface area (Å²) in [6.07, 6.45) is 39.3. The van der Waals surface area contributed by atoms with Gasteiger partial charge in [-0.2, -0.15) is 0 Å². The Bertz CT molecular complexity index is 460. The summed E-state index contributed by atoms with van der Waals surface area (Å²) < 4.78 is 0. The fourth-order valence-corrected chi connectivity index (χ4v) is 7.28. The highest BCUT2D eigenvalue weighted by molar-refractivity contribution is 4.87. The predicted octanol–water partition coefficient (Wildman–Crippen LogP) is 10.3. The highest BCUT2D eigenvalue weighted by Gasteiger charge is 2.36. The minimum absolute atomic E-state index is 0.00626. The SMILES string of the molecule is OCCC1CCCCCCCCCCCCCCCCCCCCCCCCCCCC1(CCO)CCO. The zero-order valence-electron chi connectivity index (χ0n) is 25.8. The van der Waals surface area contributed by atoms with E-state index in [0.717, 1.165) is 32.1 Å². The molecule has 0 amide bonds. The molecule has 1 rings (SSSR count). The highest BCUT2D eigenvalue weighted by atomic mass is 16.3. The Morgan fingerprint density at radius 2 is 0.658 bits per heavy atom. The number of aliphatic hydroxyl groups is 3. The van der Waals surface area contributed by atoms with E-state index in [9.17, 15) is 15.3 Å². The third-order valence-electron chi connectivity index (χ3n) is 9.79. The van der Waals surface area contributed by atoms with E-state index < -0.39 is 0 Å². The lowest BCUT2D eigenvalue weighted by molar-refractivity contribution is 0.0382. The molecule has 0 heterocycles. The molecule has 1 aliphatic carbocycles. The number of hydrogen-bond acceptors (Lipinski definition) is 3. The fourth-order valence-electron chi connectivity index (χ4n) is 7.28. The molecule has 0 radical (unpaired) electrons. The van der Waals surface area contributed by atoms with Crippen LogP contribution in [0.15, 0.2) is 0 Å². The number of rotatable bonds is 6. The van der Waals surface area contributed by atoms with E-state index in [2.05, 4.69) is 0 Å². The zero-order valence-corrected chi connectivity index (χ0v) is 25.8. The first-order valence-electron chi connectivity index (χ1n) is 17.6. The summed E-state index contributed by atoms with van der Waals surface area (Å²) in [6.45, 7) is 0.618. The van der Waals surface area contributed by atoms with Gasteiger partial charge in [0.15, 0.2) is 0 Å². The molecule has 38 heavy (non-hydrogen) atoms. The molecule has 3 nitrogen and oxygen atoms in total. The van der Waals surface area contributed by atoms with E-state index >= 15 is 0 Å². The molecule has 0 aliphatic heterocycles. The van der Waals surface area contributed by atoms with Crippen LogP contribution in [0.25, 0.3) is 0 Å². The monoisotopic (exact) mass is 539 g/mol. The Morgan fingerprint density at radius 1 is 0.368 bits per heavy atom. The molecule has 228 valence electrons. The van der Waals surface area contributed by atoms with Crippen LogP contribution in [0.5, 0.6) is 0 Å². The minimum atomic E-state index is -0.00626. The molecular weight excluding hydrogens is 468 g/mol. The molecular formula is C35H70O3. The van der Waals surface area contributed by atoms with Crippen molar-refractivity contribution in [3.05, 3.63) is 0 Å². The van der Waals surface area contributed by atoms with E-state index in [1.54, 1.807) is 0 Å². The van der Waals surface area contributed by atoms with Crippen LogP contribution >= 0.6 is 0 Å². The third-order valence-corrected chi connectivity index (χ3v) is 9.79. The molecule has 1 atom stereocenters. The summed E-state index contributed by atoms with van der Waals surface area (Å²) in [6, 6.07) is 0. The molecule has 1 fully saturated rings. The summed E-state index contributed by atoms with van der Waals surface area (Å²) in [7, 11) is 0. The number of hydrogen-bond donors (Lipinski definition) is 3. The van der Waals surface area contributed by atoms with Gasteiger partial charge in [0, 0.05) is 19.8 Å². The molecule has 1 unspecified atom stereocenters. The molecule has 0 aromatic carbocycles. The van der Waals surface area contributed by atoms with Crippen molar-refractivity contribution in [2.75, 3.05) is 19.8 Å². The molecule has 0 aromatic heterocycles. The Morgan fingerprint density at radius 3 is 0.947 bits per heavy atom. The third kappa shape index (κ3) is 19.0. The second kappa shape index (κ2) is 27.1. The van der Waals surface area contributed by atoms with Crippen LogP contribution in [0.1, 0.15) is 193 Å². The van der Waals surface area contributed by atoms with Gasteiger partial charge >= 0.3 is 0 Å². The lowest BCUT2D eigenvalue weighted by atomic mass is 9.65. The highest BCUT2D eigenvalue weighted by Crippen LogP contribution is 2.45. The molecule has 3 heteroatoms. The van der Waals surface area contributed by atoms with Gasteiger partial charge in [-0.25, -0.2) is 0 Å². The van der Waals surface area contributed by atoms with Gasteiger partial charge in [0.1, 0.15) is 0 Å². The van der Waals surface area contributed by atoms with Crippen LogP contribution < -0.4 is 0 Å². The maximum absolute atomic E-state index is 9.96. The summed E-state index contributed by atoms with van der Waals surface area (Å²) in [4.78, 5) is 0. The first kappa shape index (κ1) is 35.9. The van der Waals surface area contributed by atoms with Crippen LogP contribution in [0.4, 0.5) is 0 Å². The van der Waals surface area contributed by atoms with Crippen molar-refractivity contribution in [2.45, 2.75) is 193 Å². The van der Waals surface area contributed by atoms with E-state index in [-0.39, 0.29) is 25.2 Å². The van der Waals surface area contributed by atoms with Gasteiger partial charge in [-0.1, -0.05) is 161 Å². The molecule has 3 N–H and O–H groups in total. The van der Waals surface area contributed by atoms with E-state index in [4.69, 9.17) is 0 Å². The van der Waals surface area contributed by atoms with Gasteiger partial charge < -0.3 is 15.3 Å². The van der Waals surface area contributed by atoms with Crippen molar-refractivity contribution >= 4 is 0 Å². The Hall–Kier alpha value is -0.120. The van der Waals surface area contributed by atoms with Gasteiger partial charge in [0.2, 0.25) is 0 Å². The van der Waals surface area contributed by atoms with Crippen LogP contribution in [0, 0.1) is 11.3 Å². The maximum atomic E-state index is 9.96. The van der Waals surface area contributed by atoms with Crippen LogP contribution in [0.3, 0.4) is 0 Å². The molecule has 0 aromatic rings. The van der Waals surface area contributed by atoms with Crippen molar-refractivity contribution < 1.29 is 15.3 Å². The van der Waals surface area contributed by atoms with E-state index in [1.807, 2.05) is 0 Å². The van der Waals surface area contributed by atoms with Gasteiger partial charge in [0.25, 0.3) is 0 Å². The summed E-state index contributed by atoms with van der Waals surface area (Å²) in [5.41, 5.74) is -0.00626. The molecule has 1 saturated carbocycles. The van der Waals surface area contributed by atoms with Gasteiger partial charge in [-0.05, 0) is 43.4 Å². The Balaban J connectivity index is 2.53. The zero-order chi connectivity index (χ0) is 27.4. The van der Waals surface area contributed by atoms with Crippen LogP contribution in [-0.4, -0.2) is 35.1 Å². The standard InChI is InChI=1S/C35H70O3/c36-31-27-34-26-24-22-20-18-16-14-12-10-8-6-4-2-1-3-5-7-9-11-13-15-17-19-21-23-25-28-35(34,29-32-37)30-33-38/h34,36-38H,1-33H2. The minimum Gasteiger partial charge on any atom is -0.396 e. The summed E-state index contributed by atoms with van der Waals surface area (Å²) in [5.74, 6) is 0.419. The van der Waals surface area contributed by atoms with Crippen molar-refractivity contribution in [1.29, 1.82) is 0 Å². The lowest BCUT2D eigenvalue weighted by Gasteiger charge is -2.41. The quantitative estimate of drug-likeness (QED) is 0.315. The molecule has 0 saturated heterocycles. The Kier molecular flexibility index (Phi) is 25.6. The largest absolute Gasteiger partial charge is 0.396 e. The first-order valence-corrected chi connectivity index (χ1v) is 17.6. The average Bonchev–Trinajstić information content (AvgIpc) is 2.91. The van der Waals surface area contributed by atoms with Gasteiger partial charge in [0.05, 0.1) is 0 Å². The molecule has 1 aliphatic rings. The average molecular weight is 539 g/mol. The van der Waals surface area contributed by atoms with E-state index in [1.165, 1.54) is 161 Å². The first-order chi connectivity index (χ1) is 18.8. The Labute approximate surface area is 239 Å². The summed E-state index contributed by atoms with van der Waals surface area (Å²) in [5, 5.41) is 29.8. The van der Waals surface area contributed by atoms with Crippen LogP contribution in [0.2, 0.25) is 0 Å². The predicted molar refractivity (Wildman–Crippen MR) is 166 cm³/mol. The van der Waals surface area contributed by atoms with Crippen molar-refractivity contribution in [1.82, 2.24) is 0 Å². The lowest BCUT2D eigenvalue weighted by Crippen LogP contribution is -2.34.